The maximum Gasteiger partial charge on any atom is 0.339 e. The number of nitro benzene ring substituents is 1. The zero-order valence-electron chi connectivity index (χ0n) is 11.1. The lowest BCUT2D eigenvalue weighted by Crippen LogP contribution is -2.21. The van der Waals surface area contributed by atoms with E-state index in [9.17, 15) is 19.7 Å². The minimum Gasteiger partial charge on any atom is -0.465 e. The molecule has 0 aliphatic heterocycles. The number of rotatable bonds is 7. The van der Waals surface area contributed by atoms with Gasteiger partial charge in [0.1, 0.15) is 6.61 Å². The Bertz CT molecular complexity index is 549. The van der Waals surface area contributed by atoms with Gasteiger partial charge in [-0.15, -0.1) is 11.6 Å². The number of hydrogen-bond acceptors (Lipinski definition) is 6. The van der Waals surface area contributed by atoms with Crippen LogP contribution in [0.1, 0.15) is 10.4 Å². The Morgan fingerprint density at radius 3 is 2.71 bits per heavy atom. The molecule has 0 spiro atoms. The van der Waals surface area contributed by atoms with Crippen LogP contribution in [0.5, 0.6) is 0 Å². The van der Waals surface area contributed by atoms with Gasteiger partial charge in [-0.05, 0) is 6.07 Å². The molecule has 0 saturated heterocycles. The number of carbonyl (C=O) groups is 2. The van der Waals surface area contributed by atoms with E-state index in [0.717, 1.165) is 12.1 Å². The predicted molar refractivity (Wildman–Crippen MR) is 74.6 cm³/mol. The Kier molecular flexibility index (Phi) is 6.57. The molecule has 0 radical (unpaired) electrons. The molecule has 0 aromatic heterocycles. The average molecular weight is 317 g/mol. The van der Waals surface area contributed by atoms with Gasteiger partial charge in [-0.25, -0.2) is 4.79 Å². The lowest BCUT2D eigenvalue weighted by atomic mass is 10.1. The van der Waals surface area contributed by atoms with Gasteiger partial charge in [0.2, 0.25) is 5.91 Å². The van der Waals surface area contributed by atoms with Crippen molar-refractivity contribution in [3.63, 3.8) is 0 Å². The summed E-state index contributed by atoms with van der Waals surface area (Å²) in [6, 6.07) is 3.43. The van der Waals surface area contributed by atoms with Crippen LogP contribution in [-0.4, -0.2) is 43.0 Å². The summed E-state index contributed by atoms with van der Waals surface area (Å²) in [5, 5.41) is 13.1. The first-order chi connectivity index (χ1) is 9.99. The van der Waals surface area contributed by atoms with Crippen molar-refractivity contribution in [2.75, 3.05) is 31.5 Å². The highest BCUT2D eigenvalue weighted by atomic mass is 35.5. The minimum atomic E-state index is -0.720. The van der Waals surface area contributed by atoms with E-state index in [1.807, 2.05) is 0 Å². The molecule has 0 bridgehead atoms. The number of non-ortho nitro benzene ring substituents is 1. The number of hydrogen-bond donors (Lipinski definition) is 1. The van der Waals surface area contributed by atoms with E-state index >= 15 is 0 Å². The van der Waals surface area contributed by atoms with Crippen LogP contribution in [0.15, 0.2) is 18.2 Å². The van der Waals surface area contributed by atoms with Crippen molar-refractivity contribution >= 4 is 34.9 Å². The van der Waals surface area contributed by atoms with Crippen LogP contribution in [0.25, 0.3) is 0 Å². The van der Waals surface area contributed by atoms with Gasteiger partial charge in [0.25, 0.3) is 5.69 Å². The van der Waals surface area contributed by atoms with E-state index in [1.54, 1.807) is 0 Å². The van der Waals surface area contributed by atoms with E-state index in [4.69, 9.17) is 16.3 Å². The summed E-state index contributed by atoms with van der Waals surface area (Å²) in [6.45, 7) is -0.0935. The molecule has 1 aromatic rings. The summed E-state index contributed by atoms with van der Waals surface area (Å²) in [5.41, 5.74) is -0.274. The number of nitrogens with zero attached hydrogens (tertiary/aromatic N) is 1. The molecule has 0 heterocycles. The third-order valence-corrected chi connectivity index (χ3v) is 2.50. The number of alkyl halides is 1. The van der Waals surface area contributed by atoms with E-state index in [-0.39, 0.29) is 36.0 Å². The van der Waals surface area contributed by atoms with E-state index in [1.165, 1.54) is 13.2 Å². The Balaban J connectivity index is 2.95. The van der Waals surface area contributed by atoms with Gasteiger partial charge >= 0.3 is 5.97 Å². The van der Waals surface area contributed by atoms with Gasteiger partial charge in [-0.1, -0.05) is 0 Å². The minimum absolute atomic E-state index is 0.00814. The normalized spacial score (nSPS) is 10.0. The van der Waals surface area contributed by atoms with Crippen molar-refractivity contribution in [2.24, 2.45) is 0 Å². The predicted octanol–water partition coefficient (Wildman–Crippen LogP) is 1.58. The van der Waals surface area contributed by atoms with Crippen LogP contribution in [0.3, 0.4) is 0 Å². The number of halogens is 1. The summed E-state index contributed by atoms with van der Waals surface area (Å²) in [6.07, 6.45) is 0. The van der Waals surface area contributed by atoms with Crippen LogP contribution >= 0.6 is 11.6 Å². The first kappa shape index (κ1) is 16.9. The van der Waals surface area contributed by atoms with Crippen LogP contribution < -0.4 is 5.32 Å². The highest BCUT2D eigenvalue weighted by Gasteiger charge is 2.18. The van der Waals surface area contributed by atoms with Crippen molar-refractivity contribution in [1.29, 1.82) is 0 Å². The van der Waals surface area contributed by atoms with E-state index < -0.39 is 16.8 Å². The molecule has 0 unspecified atom stereocenters. The second-order valence-corrected chi connectivity index (χ2v) is 4.15. The maximum atomic E-state index is 11.6. The number of ether oxygens (including phenoxy) is 2. The Morgan fingerprint density at radius 1 is 1.43 bits per heavy atom. The van der Waals surface area contributed by atoms with Gasteiger partial charge in [-0.3, -0.25) is 14.9 Å². The molecule has 0 fully saturated rings. The first-order valence-corrected chi connectivity index (χ1v) is 6.33. The molecule has 0 aliphatic carbocycles. The molecule has 0 atom stereocenters. The molecule has 9 heteroatoms. The smallest absolute Gasteiger partial charge is 0.339 e. The van der Waals surface area contributed by atoms with Crippen molar-refractivity contribution in [3.05, 3.63) is 33.9 Å². The second kappa shape index (κ2) is 8.18. The third-order valence-electron chi connectivity index (χ3n) is 2.35. The fourth-order valence-electron chi connectivity index (χ4n) is 1.44. The Morgan fingerprint density at radius 2 is 2.14 bits per heavy atom. The molecule has 1 N–H and O–H groups in total. The molecule has 114 valence electrons. The molecule has 1 aromatic carbocycles. The van der Waals surface area contributed by atoms with Crippen molar-refractivity contribution in [1.82, 2.24) is 0 Å². The van der Waals surface area contributed by atoms with Gasteiger partial charge in [0.15, 0.2) is 0 Å². The van der Waals surface area contributed by atoms with Gasteiger partial charge < -0.3 is 14.8 Å². The number of methoxy groups -OCH3 is 1. The van der Waals surface area contributed by atoms with Crippen LogP contribution in [0.4, 0.5) is 11.4 Å². The monoisotopic (exact) mass is 316 g/mol. The van der Waals surface area contributed by atoms with Crippen molar-refractivity contribution in [3.8, 4) is 0 Å². The summed E-state index contributed by atoms with van der Waals surface area (Å²) in [4.78, 5) is 33.3. The van der Waals surface area contributed by atoms with Gasteiger partial charge in [-0.2, -0.15) is 0 Å². The number of nitrogens with one attached hydrogen (secondary N) is 1. The molecule has 1 amide bonds. The highest BCUT2D eigenvalue weighted by Crippen LogP contribution is 2.23. The fourth-order valence-corrected chi connectivity index (χ4v) is 1.55. The highest BCUT2D eigenvalue weighted by molar-refractivity contribution is 6.18. The quantitative estimate of drug-likeness (QED) is 0.269. The zero-order valence-corrected chi connectivity index (χ0v) is 11.9. The summed E-state index contributed by atoms with van der Waals surface area (Å²) in [7, 11) is 1.17. The van der Waals surface area contributed by atoms with Crippen LogP contribution in [0.2, 0.25) is 0 Å². The molecular formula is C12H13ClN2O6. The first-order valence-electron chi connectivity index (χ1n) is 5.80. The second-order valence-electron chi connectivity index (χ2n) is 3.77. The largest absolute Gasteiger partial charge is 0.465 e. The summed E-state index contributed by atoms with van der Waals surface area (Å²) >= 11 is 5.39. The molecule has 8 nitrogen and oxygen atoms in total. The number of amides is 1. The number of benzene rings is 1. The number of nitro groups is 1. The number of carbonyl (C=O) groups excluding carboxylic acids is 2. The Labute approximate surface area is 125 Å². The molecule has 21 heavy (non-hydrogen) atoms. The van der Waals surface area contributed by atoms with Gasteiger partial charge in [0, 0.05) is 18.0 Å². The maximum absolute atomic E-state index is 11.6. The van der Waals surface area contributed by atoms with Crippen molar-refractivity contribution in [2.45, 2.75) is 0 Å². The van der Waals surface area contributed by atoms with Crippen LogP contribution in [0, 0.1) is 10.1 Å². The average Bonchev–Trinajstić information content (AvgIpc) is 2.46. The molecule has 1 rings (SSSR count). The van der Waals surface area contributed by atoms with Gasteiger partial charge in [0.05, 0.1) is 29.9 Å². The zero-order chi connectivity index (χ0) is 15.8. The van der Waals surface area contributed by atoms with E-state index in [2.05, 4.69) is 10.1 Å². The molecule has 0 saturated carbocycles. The number of esters is 1. The third kappa shape index (κ3) is 5.01. The van der Waals surface area contributed by atoms with Crippen molar-refractivity contribution < 1.29 is 24.0 Å². The molecular weight excluding hydrogens is 304 g/mol. The lowest BCUT2D eigenvalue weighted by molar-refractivity contribution is -0.384. The number of anilines is 1. The lowest BCUT2D eigenvalue weighted by Gasteiger charge is -2.09. The topological polar surface area (TPSA) is 108 Å². The van der Waals surface area contributed by atoms with Crippen LogP contribution in [-0.2, 0) is 14.3 Å². The standard InChI is InChI=1S/C12H13ClN2O6/c1-20-12(17)9-3-2-8(15(18)19)6-10(9)14-11(16)7-21-5-4-13/h2-3,6H,4-5,7H2,1H3,(H,14,16). The summed E-state index contributed by atoms with van der Waals surface area (Å²) in [5.74, 6) is -1.05. The van der Waals surface area contributed by atoms with E-state index in [0.29, 0.717) is 0 Å². The SMILES string of the molecule is COC(=O)c1ccc([N+](=O)[O-])cc1NC(=O)COCCCl. The fraction of sp³-hybridized carbons (Fsp3) is 0.333. The Hall–Kier alpha value is -2.19. The molecule has 0 aliphatic rings. The summed E-state index contributed by atoms with van der Waals surface area (Å²) < 4.78 is 9.48.